The second-order valence-corrected chi connectivity index (χ2v) is 7.25. The summed E-state index contributed by atoms with van der Waals surface area (Å²) in [5.74, 6) is 1.46. The van der Waals surface area contributed by atoms with Gasteiger partial charge < -0.3 is 0 Å². The molecule has 0 saturated heterocycles. The highest BCUT2D eigenvalue weighted by Crippen LogP contribution is 2.36. The van der Waals surface area contributed by atoms with Gasteiger partial charge >= 0.3 is 0 Å². The molecule has 1 nitrogen and oxygen atoms in total. The predicted octanol–water partition coefficient (Wildman–Crippen LogP) is 7.03. The second kappa shape index (κ2) is 8.48. The number of unbranched alkanes of at least 4 members (excludes halogenated alkanes) is 1. The molecule has 3 rings (SSSR count). The first-order chi connectivity index (χ1) is 11.8. The average molecular weight is 340 g/mol. The summed E-state index contributed by atoms with van der Waals surface area (Å²) in [6.45, 7) is 2.24. The molecule has 1 aliphatic rings. The standard InChI is InChI=1S/C22H26ClN/c1-2-3-4-5-17-6-8-18(9-7-17)20-12-15-22(24-16-20)19-10-13-21(23)14-11-19/h4-5,10-18H,2-3,6-9H2,1H3/t17-,18-. The Balaban J connectivity index is 1.59. The van der Waals surface area contributed by atoms with Crippen molar-refractivity contribution < 1.29 is 0 Å². The Morgan fingerprint density at radius 2 is 1.79 bits per heavy atom. The number of hydrogen-bond acceptors (Lipinski definition) is 1. The molecule has 0 radical (unpaired) electrons. The molecule has 0 unspecified atom stereocenters. The summed E-state index contributed by atoms with van der Waals surface area (Å²) in [7, 11) is 0. The molecule has 1 saturated carbocycles. The maximum absolute atomic E-state index is 5.95. The first-order valence-electron chi connectivity index (χ1n) is 9.15. The van der Waals surface area contributed by atoms with Gasteiger partial charge in [-0.1, -0.05) is 55.3 Å². The number of nitrogens with zero attached hydrogens (tertiary/aromatic N) is 1. The highest BCUT2D eigenvalue weighted by molar-refractivity contribution is 6.30. The Labute approximate surface area is 150 Å². The van der Waals surface area contributed by atoms with Crippen LogP contribution >= 0.6 is 11.6 Å². The van der Waals surface area contributed by atoms with Crippen molar-refractivity contribution in [3.8, 4) is 11.3 Å². The Morgan fingerprint density at radius 3 is 2.42 bits per heavy atom. The lowest BCUT2D eigenvalue weighted by Crippen LogP contribution is -2.12. The molecule has 1 aliphatic carbocycles. The molecule has 0 spiro atoms. The Hall–Kier alpha value is -1.60. The number of hydrogen-bond donors (Lipinski definition) is 0. The van der Waals surface area contributed by atoms with Gasteiger partial charge in [0.2, 0.25) is 0 Å². The highest BCUT2D eigenvalue weighted by atomic mass is 35.5. The van der Waals surface area contributed by atoms with Crippen LogP contribution in [0.5, 0.6) is 0 Å². The second-order valence-electron chi connectivity index (χ2n) is 6.81. The number of halogens is 1. The van der Waals surface area contributed by atoms with Gasteiger partial charge in [-0.2, -0.15) is 0 Å². The van der Waals surface area contributed by atoms with Gasteiger partial charge in [-0.15, -0.1) is 0 Å². The fraction of sp³-hybridized carbons (Fsp3) is 0.409. The first kappa shape index (κ1) is 17.2. The molecule has 126 valence electrons. The quantitative estimate of drug-likeness (QED) is 0.533. The van der Waals surface area contributed by atoms with Crippen LogP contribution in [0.4, 0.5) is 0 Å². The molecule has 2 heteroatoms. The van der Waals surface area contributed by atoms with Crippen molar-refractivity contribution in [2.24, 2.45) is 5.92 Å². The maximum Gasteiger partial charge on any atom is 0.0702 e. The minimum atomic E-state index is 0.674. The van der Waals surface area contributed by atoms with Gasteiger partial charge in [-0.05, 0) is 67.7 Å². The van der Waals surface area contributed by atoms with Gasteiger partial charge in [0.15, 0.2) is 0 Å². The van der Waals surface area contributed by atoms with E-state index in [1.165, 1.54) is 44.1 Å². The fourth-order valence-electron chi connectivity index (χ4n) is 3.54. The van der Waals surface area contributed by atoms with E-state index in [-0.39, 0.29) is 0 Å². The monoisotopic (exact) mass is 339 g/mol. The van der Waals surface area contributed by atoms with Crippen LogP contribution < -0.4 is 0 Å². The van der Waals surface area contributed by atoms with Crippen molar-refractivity contribution >= 4 is 11.6 Å². The third kappa shape index (κ3) is 4.48. The Kier molecular flexibility index (Phi) is 6.09. The highest BCUT2D eigenvalue weighted by Gasteiger charge is 2.21. The Morgan fingerprint density at radius 1 is 1.04 bits per heavy atom. The fourth-order valence-corrected chi connectivity index (χ4v) is 3.66. The molecule has 1 fully saturated rings. The molecule has 2 aromatic rings. The number of pyridine rings is 1. The van der Waals surface area contributed by atoms with Crippen LogP contribution in [0.15, 0.2) is 54.7 Å². The van der Waals surface area contributed by atoms with Crippen LogP contribution in [0.25, 0.3) is 11.3 Å². The van der Waals surface area contributed by atoms with Crippen molar-refractivity contribution in [1.29, 1.82) is 0 Å². The van der Waals surface area contributed by atoms with Gasteiger partial charge in [0.1, 0.15) is 0 Å². The molecule has 1 heterocycles. The van der Waals surface area contributed by atoms with Crippen LogP contribution in [-0.4, -0.2) is 4.98 Å². The molecule has 0 atom stereocenters. The summed E-state index contributed by atoms with van der Waals surface area (Å²) in [4.78, 5) is 4.68. The van der Waals surface area contributed by atoms with Crippen LogP contribution in [0.1, 0.15) is 56.9 Å². The molecule has 24 heavy (non-hydrogen) atoms. The number of aromatic nitrogens is 1. The van der Waals surface area contributed by atoms with E-state index in [4.69, 9.17) is 11.6 Å². The third-order valence-electron chi connectivity index (χ3n) is 5.03. The van der Waals surface area contributed by atoms with E-state index in [2.05, 4.69) is 42.4 Å². The molecule has 1 aromatic carbocycles. The largest absolute Gasteiger partial charge is 0.256 e. The summed E-state index contributed by atoms with van der Waals surface area (Å²) in [6, 6.07) is 12.3. The topological polar surface area (TPSA) is 12.9 Å². The van der Waals surface area contributed by atoms with Crippen molar-refractivity contribution in [2.45, 2.75) is 51.4 Å². The predicted molar refractivity (Wildman–Crippen MR) is 103 cm³/mol. The summed E-state index contributed by atoms with van der Waals surface area (Å²) in [5, 5.41) is 0.764. The van der Waals surface area contributed by atoms with E-state index < -0.39 is 0 Å². The van der Waals surface area contributed by atoms with E-state index in [0.717, 1.165) is 22.2 Å². The van der Waals surface area contributed by atoms with Crippen molar-refractivity contribution in [1.82, 2.24) is 4.98 Å². The summed E-state index contributed by atoms with van der Waals surface area (Å²) in [6.07, 6.45) is 14.5. The van der Waals surface area contributed by atoms with Crippen LogP contribution in [0, 0.1) is 5.92 Å². The van der Waals surface area contributed by atoms with Crippen molar-refractivity contribution in [3.63, 3.8) is 0 Å². The van der Waals surface area contributed by atoms with Gasteiger partial charge in [0.05, 0.1) is 5.69 Å². The number of rotatable bonds is 5. The summed E-state index contributed by atoms with van der Waals surface area (Å²) >= 11 is 5.95. The molecule has 0 amide bonds. The lowest BCUT2D eigenvalue weighted by atomic mass is 9.79. The van der Waals surface area contributed by atoms with E-state index in [1.54, 1.807) is 0 Å². The first-order valence-corrected chi connectivity index (χ1v) is 9.52. The average Bonchev–Trinajstić information content (AvgIpc) is 2.63. The zero-order valence-corrected chi connectivity index (χ0v) is 15.2. The lowest BCUT2D eigenvalue weighted by molar-refractivity contribution is 0.375. The smallest absolute Gasteiger partial charge is 0.0702 e. The molecule has 0 bridgehead atoms. The maximum atomic E-state index is 5.95. The van der Waals surface area contributed by atoms with E-state index in [9.17, 15) is 0 Å². The minimum Gasteiger partial charge on any atom is -0.256 e. The van der Waals surface area contributed by atoms with Gasteiger partial charge in [0, 0.05) is 16.8 Å². The van der Waals surface area contributed by atoms with Crippen LogP contribution in [0.3, 0.4) is 0 Å². The lowest BCUT2D eigenvalue weighted by Gasteiger charge is -2.27. The normalized spacial score (nSPS) is 21.2. The van der Waals surface area contributed by atoms with E-state index in [0.29, 0.717) is 5.92 Å². The van der Waals surface area contributed by atoms with Crippen molar-refractivity contribution in [2.75, 3.05) is 0 Å². The minimum absolute atomic E-state index is 0.674. The summed E-state index contributed by atoms with van der Waals surface area (Å²) < 4.78 is 0. The van der Waals surface area contributed by atoms with Crippen LogP contribution in [-0.2, 0) is 0 Å². The van der Waals surface area contributed by atoms with Gasteiger partial charge in [0.25, 0.3) is 0 Å². The zero-order chi connectivity index (χ0) is 16.8. The third-order valence-corrected chi connectivity index (χ3v) is 5.29. The SMILES string of the molecule is CCCC=C[C@H]1CC[C@H](c2ccc(-c3ccc(Cl)cc3)nc2)CC1. The number of allylic oxidation sites excluding steroid dienone is 2. The summed E-state index contributed by atoms with van der Waals surface area (Å²) in [5.41, 5.74) is 3.53. The van der Waals surface area contributed by atoms with E-state index >= 15 is 0 Å². The van der Waals surface area contributed by atoms with Crippen LogP contribution in [0.2, 0.25) is 5.02 Å². The molecule has 1 aromatic heterocycles. The number of benzene rings is 1. The Bertz CT molecular complexity index is 649. The zero-order valence-electron chi connectivity index (χ0n) is 14.4. The molecule has 0 N–H and O–H groups in total. The van der Waals surface area contributed by atoms with Gasteiger partial charge in [-0.25, -0.2) is 0 Å². The van der Waals surface area contributed by atoms with E-state index in [1.807, 2.05) is 24.3 Å². The molecule has 0 aliphatic heterocycles. The van der Waals surface area contributed by atoms with Gasteiger partial charge in [-0.3, -0.25) is 4.98 Å². The molecular weight excluding hydrogens is 314 g/mol. The molecular formula is C22H26ClN. The van der Waals surface area contributed by atoms with Crippen molar-refractivity contribution in [3.05, 3.63) is 65.3 Å².